The Bertz CT molecular complexity index is 2040. The topological polar surface area (TPSA) is 83.3 Å². The van der Waals surface area contributed by atoms with Crippen molar-refractivity contribution in [3.63, 3.8) is 0 Å². The zero-order chi connectivity index (χ0) is 38.4. The van der Waals surface area contributed by atoms with E-state index in [-0.39, 0.29) is 11.0 Å². The van der Waals surface area contributed by atoms with Gasteiger partial charge < -0.3 is 28.9 Å². The van der Waals surface area contributed by atoms with E-state index in [0.29, 0.717) is 24.8 Å². The maximum atomic E-state index is 12.7. The summed E-state index contributed by atoms with van der Waals surface area (Å²) in [6.07, 6.45) is 5.38. The van der Waals surface area contributed by atoms with E-state index in [1.54, 1.807) is 11.6 Å². The predicted octanol–water partition coefficient (Wildman–Crippen LogP) is 9.80. The predicted molar refractivity (Wildman–Crippen MR) is 224 cm³/mol. The van der Waals surface area contributed by atoms with Gasteiger partial charge in [-0.05, 0) is 98.2 Å². The van der Waals surface area contributed by atoms with Gasteiger partial charge in [0.1, 0.15) is 23.7 Å². The van der Waals surface area contributed by atoms with E-state index in [4.69, 9.17) is 26.1 Å². The Labute approximate surface area is 326 Å². The molecule has 2 aliphatic heterocycles. The first-order valence-electron chi connectivity index (χ1n) is 19.4. The summed E-state index contributed by atoms with van der Waals surface area (Å²) in [7, 11) is -1.19. The number of fused-ring (bicyclic) bond motifs is 2. The number of hydrogen-bond donors (Lipinski definition) is 1. The Morgan fingerprint density at radius 2 is 1.72 bits per heavy atom. The summed E-state index contributed by atoms with van der Waals surface area (Å²) in [5.41, 5.74) is 7.47. The van der Waals surface area contributed by atoms with Crippen LogP contribution in [0.15, 0.2) is 66.4 Å². The Morgan fingerprint density at radius 3 is 2.43 bits per heavy atom. The van der Waals surface area contributed by atoms with Gasteiger partial charge in [-0.1, -0.05) is 62.8 Å². The highest BCUT2D eigenvalue weighted by Gasteiger charge is 2.36. The number of pyridine rings is 1. The average molecular weight is 770 g/mol. The van der Waals surface area contributed by atoms with Gasteiger partial charge in [0.05, 0.1) is 17.8 Å². The number of nitrogens with zero attached hydrogens (tertiary/aromatic N) is 5. The molecule has 0 saturated carbocycles. The van der Waals surface area contributed by atoms with Crippen molar-refractivity contribution in [1.29, 1.82) is 0 Å². The van der Waals surface area contributed by atoms with Crippen LogP contribution in [0, 0.1) is 5.41 Å². The molecule has 0 unspecified atom stereocenters. The molecule has 288 valence electrons. The molecule has 0 bridgehead atoms. The average Bonchev–Trinajstić information content (AvgIpc) is 3.50. The third-order valence-corrected chi connectivity index (χ3v) is 13.1. The minimum absolute atomic E-state index is 0.261. The van der Waals surface area contributed by atoms with Crippen LogP contribution >= 0.6 is 11.6 Å². The van der Waals surface area contributed by atoms with Gasteiger partial charge in [0.15, 0.2) is 0 Å². The molecule has 0 amide bonds. The first-order chi connectivity index (χ1) is 25.5. The number of carbonyl (C=O) groups is 1. The van der Waals surface area contributed by atoms with Crippen LogP contribution in [0.5, 0.6) is 5.88 Å². The molecule has 0 spiro atoms. The maximum Gasteiger partial charge on any atom is 0.337 e. The Balaban J connectivity index is 1.12. The molecule has 0 atom stereocenters. The second kappa shape index (κ2) is 15.0. The molecule has 1 aliphatic carbocycles. The molecular weight excluding hydrogens is 714 g/mol. The highest BCUT2D eigenvalue weighted by atomic mass is 35.5. The van der Waals surface area contributed by atoms with E-state index in [1.165, 1.54) is 17.6 Å². The normalized spacial score (nSPS) is 18.9. The molecule has 1 saturated heterocycles. The zero-order valence-corrected chi connectivity index (χ0v) is 34.8. The van der Waals surface area contributed by atoms with E-state index in [1.807, 2.05) is 48.9 Å². The van der Waals surface area contributed by atoms with Crippen LogP contribution in [-0.2, 0) is 11.5 Å². The molecule has 7 rings (SSSR count). The van der Waals surface area contributed by atoms with Gasteiger partial charge in [-0.2, -0.15) is 4.98 Å². The molecule has 1 fully saturated rings. The standard InChI is InChI=1S/C43H56ClN5O4Si/c1-42(2)16-14-32(36(26-42)30-8-10-33(44)11-9-30)27-46-18-20-47(21-19-46)34-12-13-35(41(50)51)37(25-34)49-28-43(3,4)53-40-38(49)24-31-15-17-48(39(31)45-40)29-52-22-23-54(5,6)7/h8-13,15,17,24-25H,14,16,18-23,26-29H2,1-7H3,(H,50,51). The summed E-state index contributed by atoms with van der Waals surface area (Å²) < 4.78 is 14.5. The summed E-state index contributed by atoms with van der Waals surface area (Å²) in [5.74, 6) is -0.460. The van der Waals surface area contributed by atoms with Crippen molar-refractivity contribution in [2.75, 3.05) is 55.7 Å². The number of carboxylic acid groups (broad SMARTS) is 1. The fourth-order valence-corrected chi connectivity index (χ4v) is 8.88. The van der Waals surface area contributed by atoms with Crippen LogP contribution in [0.2, 0.25) is 30.7 Å². The number of anilines is 3. The van der Waals surface area contributed by atoms with E-state index >= 15 is 0 Å². The quantitative estimate of drug-likeness (QED) is 0.119. The number of rotatable bonds is 11. The first-order valence-corrected chi connectivity index (χ1v) is 23.5. The Morgan fingerprint density at radius 1 is 0.981 bits per heavy atom. The van der Waals surface area contributed by atoms with Gasteiger partial charge in [0, 0.05) is 69.7 Å². The summed E-state index contributed by atoms with van der Waals surface area (Å²) in [6, 6.07) is 19.3. The van der Waals surface area contributed by atoms with Crippen LogP contribution in [0.1, 0.15) is 62.9 Å². The summed E-state index contributed by atoms with van der Waals surface area (Å²) in [4.78, 5) is 24.8. The number of carboxylic acids is 1. The maximum absolute atomic E-state index is 12.7. The van der Waals surface area contributed by atoms with Crippen LogP contribution in [0.4, 0.5) is 17.1 Å². The fourth-order valence-electron chi connectivity index (χ4n) is 7.99. The van der Waals surface area contributed by atoms with Crippen LogP contribution in [-0.4, -0.2) is 85.1 Å². The van der Waals surface area contributed by atoms with Crippen molar-refractivity contribution in [3.8, 4) is 5.88 Å². The fraction of sp³-hybridized carbons (Fsp3) is 0.488. The van der Waals surface area contributed by atoms with Crippen LogP contribution in [0.25, 0.3) is 16.6 Å². The third-order valence-electron chi connectivity index (χ3n) is 11.1. The number of aromatic nitrogens is 2. The number of halogens is 1. The second-order valence-corrected chi connectivity index (χ2v) is 24.1. The number of ether oxygens (including phenoxy) is 2. The summed E-state index contributed by atoms with van der Waals surface area (Å²) in [5, 5.41) is 12.1. The van der Waals surface area contributed by atoms with Crippen molar-refractivity contribution in [3.05, 3.63) is 82.5 Å². The molecule has 2 aromatic carbocycles. The van der Waals surface area contributed by atoms with Gasteiger partial charge >= 0.3 is 5.97 Å². The van der Waals surface area contributed by atoms with Gasteiger partial charge in [0.25, 0.3) is 0 Å². The minimum Gasteiger partial charge on any atom is -0.478 e. The summed E-state index contributed by atoms with van der Waals surface area (Å²) in [6.45, 7) is 22.0. The smallest absolute Gasteiger partial charge is 0.337 e. The lowest BCUT2D eigenvalue weighted by Gasteiger charge is -2.41. The van der Waals surface area contributed by atoms with Gasteiger partial charge in [-0.3, -0.25) is 4.90 Å². The highest BCUT2D eigenvalue weighted by molar-refractivity contribution is 6.76. The second-order valence-electron chi connectivity index (χ2n) is 18.0. The van der Waals surface area contributed by atoms with Crippen LogP contribution < -0.4 is 14.5 Å². The lowest BCUT2D eigenvalue weighted by atomic mass is 9.72. The Kier molecular flexibility index (Phi) is 10.7. The molecule has 3 aliphatic rings. The first kappa shape index (κ1) is 38.4. The number of aromatic carboxylic acids is 1. The van der Waals surface area contributed by atoms with Crippen LogP contribution in [0.3, 0.4) is 0 Å². The van der Waals surface area contributed by atoms with E-state index in [9.17, 15) is 9.90 Å². The van der Waals surface area contributed by atoms with Crippen molar-refractivity contribution in [1.82, 2.24) is 14.5 Å². The number of hydrogen-bond acceptors (Lipinski definition) is 7. The van der Waals surface area contributed by atoms with Crippen molar-refractivity contribution in [2.45, 2.75) is 85.0 Å². The van der Waals surface area contributed by atoms with E-state index in [2.05, 4.69) is 72.5 Å². The summed E-state index contributed by atoms with van der Waals surface area (Å²) >= 11 is 6.25. The van der Waals surface area contributed by atoms with E-state index < -0.39 is 19.6 Å². The van der Waals surface area contributed by atoms with Gasteiger partial charge in [-0.15, -0.1) is 0 Å². The molecule has 0 radical (unpaired) electrons. The third kappa shape index (κ3) is 8.67. The molecule has 4 aromatic rings. The van der Waals surface area contributed by atoms with Gasteiger partial charge in [-0.25, -0.2) is 4.79 Å². The number of piperazine rings is 1. The molecule has 1 N–H and O–H groups in total. The highest BCUT2D eigenvalue weighted by Crippen LogP contribution is 2.45. The van der Waals surface area contributed by atoms with Crippen molar-refractivity contribution >= 4 is 59.3 Å². The minimum atomic E-state index is -1.19. The largest absolute Gasteiger partial charge is 0.478 e. The van der Waals surface area contributed by atoms with E-state index in [0.717, 1.165) is 85.6 Å². The molecule has 11 heteroatoms. The lowest BCUT2D eigenvalue weighted by molar-refractivity contribution is 0.0695. The zero-order valence-electron chi connectivity index (χ0n) is 33.0. The molecule has 54 heavy (non-hydrogen) atoms. The lowest BCUT2D eigenvalue weighted by Crippen LogP contribution is -2.47. The molecule has 4 heterocycles. The van der Waals surface area contributed by atoms with Gasteiger partial charge in [0.2, 0.25) is 5.88 Å². The molecule has 9 nitrogen and oxygen atoms in total. The molecular formula is C43H56ClN5O4Si. The van der Waals surface area contributed by atoms with Crippen molar-refractivity contribution in [2.24, 2.45) is 5.41 Å². The monoisotopic (exact) mass is 769 g/mol. The number of allylic oxidation sites excluding steroid dienone is 1. The molecule has 2 aromatic heterocycles. The van der Waals surface area contributed by atoms with Crippen molar-refractivity contribution < 1.29 is 19.4 Å². The Hall–Kier alpha value is -3.83. The SMILES string of the molecule is CC1(C)CCC(CN2CCN(c3ccc(C(=O)O)c(N4CC(C)(C)Oc5nc6c(ccn6COCC[Si](C)(C)C)cc54)c3)CC2)=C(c2ccc(Cl)cc2)C1. The number of benzene rings is 2.